The lowest BCUT2D eigenvalue weighted by Crippen LogP contribution is -2.43. The predicted molar refractivity (Wildman–Crippen MR) is 68.2 cm³/mol. The molecule has 0 aliphatic heterocycles. The molecule has 9 nitrogen and oxygen atoms in total. The zero-order chi connectivity index (χ0) is 15.7. The number of amides is 1. The zero-order valence-corrected chi connectivity index (χ0v) is 12.1. The van der Waals surface area contributed by atoms with Crippen LogP contribution < -0.4 is 10.5 Å². The zero-order valence-electron chi connectivity index (χ0n) is 11.2. The number of hydrogen-bond acceptors (Lipinski definition) is 5. The molecule has 1 unspecified atom stereocenters. The molecule has 1 amide bonds. The molecule has 20 heavy (non-hydrogen) atoms. The first-order valence-electron chi connectivity index (χ1n) is 5.60. The van der Waals surface area contributed by atoms with Gasteiger partial charge in [0.05, 0.1) is 17.8 Å². The van der Waals surface area contributed by atoms with Crippen molar-refractivity contribution in [2.24, 2.45) is 12.8 Å². The van der Waals surface area contributed by atoms with Crippen molar-refractivity contribution >= 4 is 21.9 Å². The smallest absolute Gasteiger partial charge is 0.322 e. The monoisotopic (exact) mass is 304 g/mol. The van der Waals surface area contributed by atoms with Gasteiger partial charge in [0.2, 0.25) is 15.9 Å². The molecule has 0 saturated carbocycles. The number of hydrogen-bond donors (Lipinski definition) is 3. The third-order valence-electron chi connectivity index (χ3n) is 2.71. The molecule has 0 fully saturated rings. The summed E-state index contributed by atoms with van der Waals surface area (Å²) in [6.45, 7) is 3.03. The second-order valence-electron chi connectivity index (χ2n) is 4.31. The molecular weight excluding hydrogens is 288 g/mol. The number of rotatable bonds is 6. The minimum absolute atomic E-state index is 0.101. The SMILES string of the molecule is Cc1nn(C)c(C)c1S(=O)(=O)NC(CC(N)=O)C(=O)O. The van der Waals surface area contributed by atoms with Crippen LogP contribution in [0, 0.1) is 13.8 Å². The highest BCUT2D eigenvalue weighted by Crippen LogP contribution is 2.18. The number of sulfonamides is 1. The molecule has 1 aromatic rings. The molecule has 10 heteroatoms. The lowest BCUT2D eigenvalue weighted by molar-refractivity contribution is -0.140. The van der Waals surface area contributed by atoms with E-state index in [0.717, 1.165) is 0 Å². The minimum Gasteiger partial charge on any atom is -0.480 e. The van der Waals surface area contributed by atoms with E-state index in [1.807, 2.05) is 4.72 Å². The van der Waals surface area contributed by atoms with Gasteiger partial charge in [-0.2, -0.15) is 9.82 Å². The van der Waals surface area contributed by atoms with Crippen molar-refractivity contribution in [2.75, 3.05) is 0 Å². The quantitative estimate of drug-likeness (QED) is 0.592. The Kier molecular flexibility index (Phi) is 4.50. The molecule has 1 rings (SSSR count). The summed E-state index contributed by atoms with van der Waals surface area (Å²) in [6.07, 6.45) is -0.632. The number of aliphatic carboxylic acids is 1. The van der Waals surface area contributed by atoms with Crippen LogP contribution in [0.4, 0.5) is 0 Å². The number of nitrogens with one attached hydrogen (secondary N) is 1. The maximum absolute atomic E-state index is 12.2. The van der Waals surface area contributed by atoms with Gasteiger partial charge in [0, 0.05) is 7.05 Å². The summed E-state index contributed by atoms with van der Waals surface area (Å²) in [7, 11) is -2.54. The summed E-state index contributed by atoms with van der Waals surface area (Å²) in [5.74, 6) is -2.40. The topological polar surface area (TPSA) is 144 Å². The Balaban J connectivity index is 3.16. The first kappa shape index (κ1) is 16.1. The highest BCUT2D eigenvalue weighted by molar-refractivity contribution is 7.89. The van der Waals surface area contributed by atoms with E-state index in [-0.39, 0.29) is 10.6 Å². The Hall–Kier alpha value is -1.94. The van der Waals surface area contributed by atoms with Gasteiger partial charge in [-0.15, -0.1) is 0 Å². The average Bonchev–Trinajstić information content (AvgIpc) is 2.51. The first-order chi connectivity index (χ1) is 9.06. The lowest BCUT2D eigenvalue weighted by atomic mass is 10.2. The number of carbonyl (C=O) groups excluding carboxylic acids is 1. The van der Waals surface area contributed by atoms with Crippen molar-refractivity contribution in [3.63, 3.8) is 0 Å². The molecule has 0 saturated heterocycles. The minimum atomic E-state index is -4.11. The number of nitrogens with zero attached hydrogens (tertiary/aromatic N) is 2. The van der Waals surface area contributed by atoms with Crippen molar-refractivity contribution in [2.45, 2.75) is 31.2 Å². The molecule has 0 aromatic carbocycles. The highest BCUT2D eigenvalue weighted by atomic mass is 32.2. The van der Waals surface area contributed by atoms with E-state index in [9.17, 15) is 18.0 Å². The Labute approximate surface area is 115 Å². The number of carboxylic acid groups (broad SMARTS) is 1. The van der Waals surface area contributed by atoms with Crippen LogP contribution in [-0.2, 0) is 26.7 Å². The molecule has 0 aliphatic rings. The van der Waals surface area contributed by atoms with E-state index in [4.69, 9.17) is 10.8 Å². The number of carbonyl (C=O) groups is 2. The predicted octanol–water partition coefficient (Wildman–Crippen LogP) is -1.36. The van der Waals surface area contributed by atoms with Gasteiger partial charge < -0.3 is 10.8 Å². The molecule has 1 aromatic heterocycles. The number of aryl methyl sites for hydroxylation is 2. The summed E-state index contributed by atoms with van der Waals surface area (Å²) in [5, 5.41) is 12.9. The second-order valence-corrected chi connectivity index (χ2v) is 5.96. The molecule has 0 radical (unpaired) electrons. The van der Waals surface area contributed by atoms with Crippen LogP contribution in [-0.4, -0.2) is 41.2 Å². The Morgan fingerprint density at radius 3 is 2.35 bits per heavy atom. The summed E-state index contributed by atoms with van der Waals surface area (Å²) in [6, 6.07) is -1.61. The van der Waals surface area contributed by atoms with E-state index in [1.54, 1.807) is 14.0 Å². The number of nitrogens with two attached hydrogens (primary N) is 1. The third kappa shape index (κ3) is 3.33. The van der Waals surface area contributed by atoms with Crippen LogP contribution in [0.2, 0.25) is 0 Å². The maximum atomic E-state index is 12.2. The van der Waals surface area contributed by atoms with Crippen molar-refractivity contribution in [1.29, 1.82) is 0 Å². The summed E-state index contributed by atoms with van der Waals surface area (Å²) in [5.41, 5.74) is 5.50. The molecule has 4 N–H and O–H groups in total. The van der Waals surface area contributed by atoms with E-state index in [0.29, 0.717) is 5.69 Å². The maximum Gasteiger partial charge on any atom is 0.322 e. The Morgan fingerprint density at radius 2 is 2.00 bits per heavy atom. The standard InChI is InChI=1S/C10H16N4O5S/c1-5-9(6(2)14(3)12-5)20(18,19)13-7(10(16)17)4-8(11)15/h7,13H,4H2,1-3H3,(H2,11,15)(H,16,17). The Morgan fingerprint density at radius 1 is 1.45 bits per heavy atom. The average molecular weight is 304 g/mol. The van der Waals surface area contributed by atoms with E-state index in [1.165, 1.54) is 11.6 Å². The van der Waals surface area contributed by atoms with Crippen LogP contribution in [0.1, 0.15) is 17.8 Å². The summed E-state index contributed by atoms with van der Waals surface area (Å²) >= 11 is 0. The lowest BCUT2D eigenvalue weighted by Gasteiger charge is -2.13. The largest absolute Gasteiger partial charge is 0.480 e. The summed E-state index contributed by atoms with van der Waals surface area (Å²) in [4.78, 5) is 21.6. The van der Waals surface area contributed by atoms with Crippen molar-refractivity contribution < 1.29 is 23.1 Å². The van der Waals surface area contributed by atoms with E-state index < -0.39 is 34.4 Å². The molecular formula is C10H16N4O5S. The number of carboxylic acids is 1. The van der Waals surface area contributed by atoms with Gasteiger partial charge in [0.1, 0.15) is 10.9 Å². The third-order valence-corrected chi connectivity index (χ3v) is 4.44. The van der Waals surface area contributed by atoms with E-state index in [2.05, 4.69) is 5.10 Å². The van der Waals surface area contributed by atoms with Gasteiger partial charge >= 0.3 is 5.97 Å². The molecule has 112 valence electrons. The van der Waals surface area contributed by atoms with E-state index >= 15 is 0 Å². The molecule has 0 bridgehead atoms. The molecule has 1 atom stereocenters. The summed E-state index contributed by atoms with van der Waals surface area (Å²) < 4.78 is 27.7. The van der Waals surface area contributed by atoms with Gasteiger partial charge in [0.15, 0.2) is 0 Å². The van der Waals surface area contributed by atoms with Crippen molar-refractivity contribution in [3.8, 4) is 0 Å². The van der Waals surface area contributed by atoms with Gasteiger partial charge in [-0.3, -0.25) is 14.3 Å². The molecule has 0 aliphatic carbocycles. The number of aromatic nitrogens is 2. The highest BCUT2D eigenvalue weighted by Gasteiger charge is 2.30. The van der Waals surface area contributed by atoms with Crippen LogP contribution in [0.25, 0.3) is 0 Å². The van der Waals surface area contributed by atoms with Crippen molar-refractivity contribution in [3.05, 3.63) is 11.4 Å². The van der Waals surface area contributed by atoms with Crippen LogP contribution >= 0.6 is 0 Å². The molecule has 0 spiro atoms. The molecule has 1 heterocycles. The van der Waals surface area contributed by atoms with Crippen molar-refractivity contribution in [1.82, 2.24) is 14.5 Å². The van der Waals surface area contributed by atoms with Crippen LogP contribution in [0.5, 0.6) is 0 Å². The fourth-order valence-corrected chi connectivity index (χ4v) is 3.40. The van der Waals surface area contributed by atoms with Gasteiger partial charge in [-0.1, -0.05) is 0 Å². The van der Waals surface area contributed by atoms with Gasteiger partial charge in [-0.25, -0.2) is 8.42 Å². The van der Waals surface area contributed by atoms with Crippen LogP contribution in [0.15, 0.2) is 4.90 Å². The Bertz CT molecular complexity index is 649. The van der Waals surface area contributed by atoms with Gasteiger partial charge in [-0.05, 0) is 13.8 Å². The fraction of sp³-hybridized carbons (Fsp3) is 0.500. The van der Waals surface area contributed by atoms with Gasteiger partial charge in [0.25, 0.3) is 0 Å². The first-order valence-corrected chi connectivity index (χ1v) is 7.08. The fourth-order valence-electron chi connectivity index (χ4n) is 1.77. The van der Waals surface area contributed by atoms with Crippen LogP contribution in [0.3, 0.4) is 0 Å². The second kappa shape index (κ2) is 5.59. The normalized spacial score (nSPS) is 13.2. The number of primary amides is 1.